The van der Waals surface area contributed by atoms with Crippen LogP contribution in [0.3, 0.4) is 0 Å². The van der Waals surface area contributed by atoms with Crippen LogP contribution in [-0.4, -0.2) is 10.9 Å². The normalized spacial score (nSPS) is 16.6. The Morgan fingerprint density at radius 1 is 1.45 bits per heavy atom. The Balaban J connectivity index is 1.72. The summed E-state index contributed by atoms with van der Waals surface area (Å²) < 4.78 is 0. The third-order valence-corrected chi connectivity index (χ3v) is 5.15. The standard InChI is InChI=1S/C17H17N3OS/c1-2-11-5-8-14-15(9-11)22-17(19-14)20-16(21)13-6-3-12(10-18)4-7-13/h3-4,6-7,11H,2,5,8-9H2,1H3,(H,19,20,21). The van der Waals surface area contributed by atoms with E-state index in [1.165, 1.54) is 17.7 Å². The Bertz CT molecular complexity index is 727. The van der Waals surface area contributed by atoms with Crippen molar-refractivity contribution in [1.82, 2.24) is 4.98 Å². The van der Waals surface area contributed by atoms with E-state index in [1.54, 1.807) is 35.6 Å². The molecular formula is C17H17N3OS. The number of thiazole rings is 1. The number of hydrogen-bond donors (Lipinski definition) is 1. The molecule has 0 fully saturated rings. The van der Waals surface area contributed by atoms with Gasteiger partial charge in [-0.25, -0.2) is 4.98 Å². The maximum absolute atomic E-state index is 12.2. The van der Waals surface area contributed by atoms with E-state index in [9.17, 15) is 4.79 Å². The molecule has 1 unspecified atom stereocenters. The van der Waals surface area contributed by atoms with Crippen LogP contribution in [0.25, 0.3) is 0 Å². The third kappa shape index (κ3) is 3.02. The summed E-state index contributed by atoms with van der Waals surface area (Å²) in [6, 6.07) is 8.66. The lowest BCUT2D eigenvalue weighted by molar-refractivity contribution is 0.102. The van der Waals surface area contributed by atoms with Gasteiger partial charge in [-0.15, -0.1) is 11.3 Å². The fourth-order valence-electron chi connectivity index (χ4n) is 2.71. The smallest absolute Gasteiger partial charge is 0.257 e. The summed E-state index contributed by atoms with van der Waals surface area (Å²) in [6.45, 7) is 2.23. The van der Waals surface area contributed by atoms with Crippen molar-refractivity contribution in [2.45, 2.75) is 32.6 Å². The largest absolute Gasteiger partial charge is 0.298 e. The zero-order valence-corrected chi connectivity index (χ0v) is 13.2. The molecule has 0 saturated carbocycles. The van der Waals surface area contributed by atoms with Crippen molar-refractivity contribution < 1.29 is 4.79 Å². The van der Waals surface area contributed by atoms with E-state index in [2.05, 4.69) is 17.2 Å². The minimum atomic E-state index is -0.178. The molecule has 2 aromatic rings. The van der Waals surface area contributed by atoms with E-state index in [0.29, 0.717) is 16.3 Å². The van der Waals surface area contributed by atoms with Crippen LogP contribution in [0.15, 0.2) is 24.3 Å². The number of fused-ring (bicyclic) bond motifs is 1. The number of nitrogens with zero attached hydrogens (tertiary/aromatic N) is 2. The highest BCUT2D eigenvalue weighted by Crippen LogP contribution is 2.33. The first kappa shape index (κ1) is 14.7. The second kappa shape index (κ2) is 6.29. The monoisotopic (exact) mass is 311 g/mol. The molecule has 4 nitrogen and oxygen atoms in total. The quantitative estimate of drug-likeness (QED) is 0.938. The number of hydrogen-bond acceptors (Lipinski definition) is 4. The third-order valence-electron chi connectivity index (χ3n) is 4.12. The van der Waals surface area contributed by atoms with Gasteiger partial charge in [0.1, 0.15) is 0 Å². The van der Waals surface area contributed by atoms with Crippen LogP contribution in [0, 0.1) is 17.2 Å². The van der Waals surface area contributed by atoms with Crippen LogP contribution in [-0.2, 0) is 12.8 Å². The Labute approximate surface area is 133 Å². The molecule has 1 aliphatic carbocycles. The van der Waals surface area contributed by atoms with Gasteiger partial charge < -0.3 is 0 Å². The van der Waals surface area contributed by atoms with Gasteiger partial charge in [-0.3, -0.25) is 10.1 Å². The predicted molar refractivity (Wildman–Crippen MR) is 87.0 cm³/mol. The van der Waals surface area contributed by atoms with Gasteiger partial charge in [-0.05, 0) is 49.4 Å². The number of anilines is 1. The number of carbonyl (C=O) groups is 1. The maximum Gasteiger partial charge on any atom is 0.257 e. The maximum atomic E-state index is 12.2. The zero-order valence-electron chi connectivity index (χ0n) is 12.4. The number of benzene rings is 1. The van der Waals surface area contributed by atoms with Crippen molar-refractivity contribution in [2.75, 3.05) is 5.32 Å². The molecule has 0 saturated heterocycles. The van der Waals surface area contributed by atoms with E-state index in [4.69, 9.17) is 5.26 Å². The number of rotatable bonds is 3. The van der Waals surface area contributed by atoms with Crippen LogP contribution >= 0.6 is 11.3 Å². The Morgan fingerprint density at radius 2 is 2.23 bits per heavy atom. The molecule has 0 radical (unpaired) electrons. The highest BCUT2D eigenvalue weighted by Gasteiger charge is 2.22. The second-order valence-electron chi connectivity index (χ2n) is 5.55. The van der Waals surface area contributed by atoms with E-state index < -0.39 is 0 Å². The summed E-state index contributed by atoms with van der Waals surface area (Å²) in [5.74, 6) is 0.567. The van der Waals surface area contributed by atoms with Crippen molar-refractivity contribution >= 4 is 22.4 Å². The Morgan fingerprint density at radius 3 is 2.91 bits per heavy atom. The van der Waals surface area contributed by atoms with Crippen LogP contribution in [0.1, 0.15) is 46.3 Å². The molecule has 5 heteroatoms. The SMILES string of the molecule is CCC1CCc2nc(NC(=O)c3ccc(C#N)cc3)sc2C1. The van der Waals surface area contributed by atoms with Crippen LogP contribution < -0.4 is 5.32 Å². The number of nitriles is 1. The molecule has 1 N–H and O–H groups in total. The van der Waals surface area contributed by atoms with Crippen LogP contribution in [0.2, 0.25) is 0 Å². The zero-order chi connectivity index (χ0) is 15.5. The molecule has 22 heavy (non-hydrogen) atoms. The molecular weight excluding hydrogens is 294 g/mol. The summed E-state index contributed by atoms with van der Waals surface area (Å²) in [5.41, 5.74) is 2.23. The first-order valence-electron chi connectivity index (χ1n) is 7.49. The number of aryl methyl sites for hydroxylation is 1. The van der Waals surface area contributed by atoms with E-state index in [0.717, 1.165) is 24.5 Å². The summed E-state index contributed by atoms with van der Waals surface area (Å²) in [4.78, 5) is 18.1. The molecule has 1 heterocycles. The molecule has 0 spiro atoms. The highest BCUT2D eigenvalue weighted by molar-refractivity contribution is 7.15. The van der Waals surface area contributed by atoms with Gasteiger partial charge in [-0.2, -0.15) is 5.26 Å². The highest BCUT2D eigenvalue weighted by atomic mass is 32.1. The second-order valence-corrected chi connectivity index (χ2v) is 6.63. The molecule has 1 aromatic carbocycles. The van der Waals surface area contributed by atoms with Crippen LogP contribution in [0.5, 0.6) is 0 Å². The molecule has 3 rings (SSSR count). The predicted octanol–water partition coefficient (Wildman–Crippen LogP) is 3.78. The number of amides is 1. The molecule has 0 bridgehead atoms. The molecule has 1 aromatic heterocycles. The van der Waals surface area contributed by atoms with E-state index >= 15 is 0 Å². The fourth-order valence-corrected chi connectivity index (χ4v) is 3.83. The number of aromatic nitrogens is 1. The lowest BCUT2D eigenvalue weighted by atomic mass is 9.89. The van der Waals surface area contributed by atoms with Gasteiger partial charge in [0.15, 0.2) is 5.13 Å². The summed E-state index contributed by atoms with van der Waals surface area (Å²) >= 11 is 1.59. The summed E-state index contributed by atoms with van der Waals surface area (Å²) in [5, 5.41) is 12.3. The average Bonchev–Trinajstić information content (AvgIpc) is 2.95. The first-order chi connectivity index (χ1) is 10.7. The van der Waals surface area contributed by atoms with Gasteiger partial charge >= 0.3 is 0 Å². The van der Waals surface area contributed by atoms with Gasteiger partial charge in [0.25, 0.3) is 5.91 Å². The summed E-state index contributed by atoms with van der Waals surface area (Å²) in [6.07, 6.45) is 4.48. The van der Waals surface area contributed by atoms with Crippen LogP contribution in [0.4, 0.5) is 5.13 Å². The average molecular weight is 311 g/mol. The minimum Gasteiger partial charge on any atom is -0.298 e. The Kier molecular flexibility index (Phi) is 4.21. The van der Waals surface area contributed by atoms with E-state index in [1.807, 2.05) is 6.07 Å². The Hall–Kier alpha value is -2.19. The van der Waals surface area contributed by atoms with Crippen molar-refractivity contribution in [3.8, 4) is 6.07 Å². The van der Waals surface area contributed by atoms with Gasteiger partial charge in [-0.1, -0.05) is 13.3 Å². The number of nitrogens with one attached hydrogen (secondary N) is 1. The lowest BCUT2D eigenvalue weighted by Gasteiger charge is -2.18. The van der Waals surface area contributed by atoms with Crippen molar-refractivity contribution in [2.24, 2.45) is 5.92 Å². The van der Waals surface area contributed by atoms with Crippen molar-refractivity contribution in [3.05, 3.63) is 46.0 Å². The van der Waals surface area contributed by atoms with Gasteiger partial charge in [0.2, 0.25) is 0 Å². The van der Waals surface area contributed by atoms with Crippen molar-refractivity contribution in [1.29, 1.82) is 5.26 Å². The molecule has 1 atom stereocenters. The van der Waals surface area contributed by atoms with E-state index in [-0.39, 0.29) is 5.91 Å². The fraction of sp³-hybridized carbons (Fsp3) is 0.353. The first-order valence-corrected chi connectivity index (χ1v) is 8.31. The van der Waals surface area contributed by atoms with Gasteiger partial charge in [0.05, 0.1) is 17.3 Å². The molecule has 0 aliphatic heterocycles. The minimum absolute atomic E-state index is 0.178. The molecule has 112 valence electrons. The number of carbonyl (C=O) groups excluding carboxylic acids is 1. The lowest BCUT2D eigenvalue weighted by Crippen LogP contribution is -2.12. The molecule has 1 amide bonds. The van der Waals surface area contributed by atoms with Crippen molar-refractivity contribution in [3.63, 3.8) is 0 Å². The van der Waals surface area contributed by atoms with Gasteiger partial charge in [0, 0.05) is 10.4 Å². The molecule has 1 aliphatic rings. The summed E-state index contributed by atoms with van der Waals surface area (Å²) in [7, 11) is 0. The topological polar surface area (TPSA) is 65.8 Å².